The van der Waals surface area contributed by atoms with Crippen molar-refractivity contribution in [2.24, 2.45) is 5.92 Å². The molecule has 1 aliphatic heterocycles. The lowest BCUT2D eigenvalue weighted by molar-refractivity contribution is 0.0184. The summed E-state index contributed by atoms with van der Waals surface area (Å²) >= 11 is 3.26. The Morgan fingerprint density at radius 3 is 2.75 bits per heavy atom. The van der Waals surface area contributed by atoms with Crippen LogP contribution in [0.25, 0.3) is 0 Å². The Hall–Kier alpha value is -0.630. The van der Waals surface area contributed by atoms with Crippen LogP contribution >= 0.6 is 15.9 Å². The van der Waals surface area contributed by atoms with Crippen molar-refractivity contribution < 1.29 is 13.2 Å². The molecule has 0 radical (unpaired) electrons. The predicted octanol–water partition coefficient (Wildman–Crippen LogP) is 2.08. The Balaban J connectivity index is 2.28. The molecule has 112 valence electrons. The van der Waals surface area contributed by atoms with Gasteiger partial charge in [-0.2, -0.15) is 4.31 Å². The molecule has 5 nitrogen and oxygen atoms in total. The van der Waals surface area contributed by atoms with Gasteiger partial charge in [0.1, 0.15) is 0 Å². The van der Waals surface area contributed by atoms with E-state index in [1.807, 2.05) is 0 Å². The predicted molar refractivity (Wildman–Crippen MR) is 81.9 cm³/mol. The van der Waals surface area contributed by atoms with Crippen LogP contribution in [0.15, 0.2) is 27.6 Å². The normalized spacial score (nSPS) is 24.8. The highest BCUT2D eigenvalue weighted by Crippen LogP contribution is 2.28. The molecule has 7 heteroatoms. The van der Waals surface area contributed by atoms with E-state index in [-0.39, 0.29) is 11.0 Å². The van der Waals surface area contributed by atoms with Crippen LogP contribution in [0.4, 0.5) is 5.69 Å². The van der Waals surface area contributed by atoms with Gasteiger partial charge >= 0.3 is 0 Å². The Morgan fingerprint density at radius 1 is 1.45 bits per heavy atom. The number of hydrogen-bond donors (Lipinski definition) is 1. The van der Waals surface area contributed by atoms with Gasteiger partial charge in [-0.1, -0.05) is 6.92 Å². The number of nitrogens with zero attached hydrogens (tertiary/aromatic N) is 1. The summed E-state index contributed by atoms with van der Waals surface area (Å²) in [6.07, 6.45) is 0.740. The van der Waals surface area contributed by atoms with E-state index in [1.54, 1.807) is 19.2 Å². The molecule has 0 bridgehead atoms. The minimum atomic E-state index is -3.50. The molecule has 0 aliphatic carbocycles. The Bertz CT molecular complexity index is 591. The number of piperidine rings is 1. The zero-order chi connectivity index (χ0) is 14.9. The average Bonchev–Trinajstić information content (AvgIpc) is 2.42. The third kappa shape index (κ3) is 3.00. The van der Waals surface area contributed by atoms with Gasteiger partial charge in [0.2, 0.25) is 10.0 Å². The summed E-state index contributed by atoms with van der Waals surface area (Å²) in [6.45, 7) is 2.99. The lowest BCUT2D eigenvalue weighted by Gasteiger charge is -2.35. The molecule has 1 saturated heterocycles. The van der Waals surface area contributed by atoms with Crippen LogP contribution < -0.4 is 5.73 Å². The Labute approximate surface area is 128 Å². The molecule has 1 aromatic rings. The number of benzene rings is 1. The van der Waals surface area contributed by atoms with Crippen molar-refractivity contribution in [2.75, 3.05) is 25.9 Å². The summed E-state index contributed by atoms with van der Waals surface area (Å²) in [5.41, 5.74) is 6.22. The molecule has 1 aromatic carbocycles. The van der Waals surface area contributed by atoms with Gasteiger partial charge in [0.15, 0.2) is 0 Å². The second-order valence-corrected chi connectivity index (χ2v) is 7.88. The molecule has 0 amide bonds. The number of halogens is 1. The van der Waals surface area contributed by atoms with Gasteiger partial charge in [0.25, 0.3) is 0 Å². The van der Waals surface area contributed by atoms with Gasteiger partial charge in [0, 0.05) is 30.4 Å². The van der Waals surface area contributed by atoms with E-state index in [4.69, 9.17) is 10.5 Å². The second-order valence-electron chi connectivity index (χ2n) is 5.09. The van der Waals surface area contributed by atoms with Gasteiger partial charge in [-0.05, 0) is 46.5 Å². The highest BCUT2D eigenvalue weighted by molar-refractivity contribution is 9.10. The number of rotatable bonds is 3. The SMILES string of the molecule is COC1CN(S(=O)(=O)c2ccc(N)c(Br)c2)CCC1C. The van der Waals surface area contributed by atoms with E-state index in [2.05, 4.69) is 22.9 Å². The molecular weight excluding hydrogens is 344 g/mol. The van der Waals surface area contributed by atoms with Gasteiger partial charge in [0.05, 0.1) is 11.0 Å². The van der Waals surface area contributed by atoms with E-state index in [9.17, 15) is 8.42 Å². The lowest BCUT2D eigenvalue weighted by Crippen LogP contribution is -2.46. The Morgan fingerprint density at radius 2 is 2.15 bits per heavy atom. The second kappa shape index (κ2) is 6.01. The van der Waals surface area contributed by atoms with Crippen LogP contribution in [0.3, 0.4) is 0 Å². The maximum atomic E-state index is 12.6. The van der Waals surface area contributed by atoms with Gasteiger partial charge < -0.3 is 10.5 Å². The summed E-state index contributed by atoms with van der Waals surface area (Å²) in [5.74, 6) is 0.365. The number of methoxy groups -OCH3 is 1. The monoisotopic (exact) mass is 362 g/mol. The molecule has 0 aromatic heterocycles. The zero-order valence-electron chi connectivity index (χ0n) is 11.5. The molecule has 0 saturated carbocycles. The summed E-state index contributed by atoms with van der Waals surface area (Å²) < 4.78 is 32.7. The van der Waals surface area contributed by atoms with Crippen molar-refractivity contribution in [3.05, 3.63) is 22.7 Å². The van der Waals surface area contributed by atoms with Crippen molar-refractivity contribution in [1.82, 2.24) is 4.31 Å². The smallest absolute Gasteiger partial charge is 0.243 e. The van der Waals surface area contributed by atoms with E-state index < -0.39 is 10.0 Å². The lowest BCUT2D eigenvalue weighted by atomic mass is 9.97. The first kappa shape index (κ1) is 15.8. The van der Waals surface area contributed by atoms with Crippen LogP contribution in [0.5, 0.6) is 0 Å². The van der Waals surface area contributed by atoms with Crippen LogP contribution in [-0.2, 0) is 14.8 Å². The third-order valence-corrected chi connectivity index (χ3v) is 6.31. The highest BCUT2D eigenvalue weighted by atomic mass is 79.9. The molecule has 20 heavy (non-hydrogen) atoms. The van der Waals surface area contributed by atoms with Crippen LogP contribution in [0, 0.1) is 5.92 Å². The largest absolute Gasteiger partial charge is 0.398 e. The van der Waals surface area contributed by atoms with Crippen molar-refractivity contribution in [2.45, 2.75) is 24.3 Å². The van der Waals surface area contributed by atoms with Gasteiger partial charge in [-0.25, -0.2) is 8.42 Å². The molecule has 0 spiro atoms. The van der Waals surface area contributed by atoms with Crippen molar-refractivity contribution >= 4 is 31.6 Å². The number of anilines is 1. The average molecular weight is 363 g/mol. The fourth-order valence-electron chi connectivity index (χ4n) is 2.35. The maximum Gasteiger partial charge on any atom is 0.243 e. The van der Waals surface area contributed by atoms with Crippen molar-refractivity contribution in [3.63, 3.8) is 0 Å². The molecule has 2 unspecified atom stereocenters. The minimum absolute atomic E-state index is 0.0595. The number of ether oxygens (including phenoxy) is 1. The Kier molecular flexibility index (Phi) is 4.73. The first-order valence-electron chi connectivity index (χ1n) is 6.44. The molecule has 1 fully saturated rings. The quantitative estimate of drug-likeness (QED) is 0.835. The maximum absolute atomic E-state index is 12.6. The fourth-order valence-corrected chi connectivity index (χ4v) is 4.37. The number of sulfonamides is 1. The van der Waals surface area contributed by atoms with Gasteiger partial charge in [-0.15, -0.1) is 0 Å². The third-order valence-electron chi connectivity index (χ3n) is 3.76. The molecule has 1 aliphatic rings. The highest BCUT2D eigenvalue weighted by Gasteiger charge is 2.33. The standard InChI is InChI=1S/C13H19BrN2O3S/c1-9-5-6-16(8-13(9)19-2)20(17,18)10-3-4-12(15)11(14)7-10/h3-4,7,9,13H,5-6,8,15H2,1-2H3. The molecular formula is C13H19BrN2O3S. The summed E-state index contributed by atoms with van der Waals surface area (Å²) in [7, 11) is -1.88. The summed E-state index contributed by atoms with van der Waals surface area (Å²) in [4.78, 5) is 0.253. The van der Waals surface area contributed by atoms with Gasteiger partial charge in [-0.3, -0.25) is 0 Å². The van der Waals surface area contributed by atoms with E-state index >= 15 is 0 Å². The fraction of sp³-hybridized carbons (Fsp3) is 0.538. The first-order valence-corrected chi connectivity index (χ1v) is 8.67. The van der Waals surface area contributed by atoms with Crippen LogP contribution in [0.1, 0.15) is 13.3 Å². The van der Waals surface area contributed by atoms with Crippen LogP contribution in [-0.4, -0.2) is 39.0 Å². The minimum Gasteiger partial charge on any atom is -0.398 e. The van der Waals surface area contributed by atoms with Crippen molar-refractivity contribution in [1.29, 1.82) is 0 Å². The van der Waals surface area contributed by atoms with Crippen molar-refractivity contribution in [3.8, 4) is 0 Å². The number of hydrogen-bond acceptors (Lipinski definition) is 4. The van der Waals surface area contributed by atoms with E-state index in [1.165, 1.54) is 10.4 Å². The number of nitrogen functional groups attached to an aromatic ring is 1. The molecule has 1 heterocycles. The zero-order valence-corrected chi connectivity index (χ0v) is 13.9. The first-order chi connectivity index (χ1) is 9.36. The molecule has 2 N–H and O–H groups in total. The summed E-state index contributed by atoms with van der Waals surface area (Å²) in [6, 6.07) is 4.68. The number of nitrogens with two attached hydrogens (primary N) is 1. The van der Waals surface area contributed by atoms with E-state index in [0.717, 1.165) is 6.42 Å². The topological polar surface area (TPSA) is 72.6 Å². The summed E-state index contributed by atoms with van der Waals surface area (Å²) in [5, 5.41) is 0. The molecule has 2 rings (SSSR count). The molecule has 2 atom stereocenters. The van der Waals surface area contributed by atoms with Crippen LogP contribution in [0.2, 0.25) is 0 Å². The van der Waals surface area contributed by atoms with E-state index in [0.29, 0.717) is 29.2 Å².